The van der Waals surface area contributed by atoms with Crippen LogP contribution in [0.2, 0.25) is 5.15 Å². The summed E-state index contributed by atoms with van der Waals surface area (Å²) in [5.74, 6) is 0.135. The normalized spacial score (nSPS) is 18.5. The van der Waals surface area contributed by atoms with Gasteiger partial charge in [0.15, 0.2) is 0 Å². The molecule has 1 N–H and O–H groups in total. The molecule has 2 heterocycles. The van der Waals surface area contributed by atoms with Crippen molar-refractivity contribution in [2.24, 2.45) is 11.8 Å². The molecule has 4 amide bonds. The van der Waals surface area contributed by atoms with E-state index in [1.165, 1.54) is 11.1 Å². The van der Waals surface area contributed by atoms with E-state index in [4.69, 9.17) is 11.6 Å². The van der Waals surface area contributed by atoms with Crippen molar-refractivity contribution < 1.29 is 14.4 Å². The van der Waals surface area contributed by atoms with Gasteiger partial charge in [0, 0.05) is 44.4 Å². The van der Waals surface area contributed by atoms with Gasteiger partial charge < -0.3 is 15.1 Å². The van der Waals surface area contributed by atoms with Crippen molar-refractivity contribution in [2.75, 3.05) is 46.8 Å². The Kier molecular flexibility index (Phi) is 10.4. The van der Waals surface area contributed by atoms with Gasteiger partial charge in [-0.3, -0.25) is 14.5 Å². The van der Waals surface area contributed by atoms with Gasteiger partial charge in [0.1, 0.15) is 5.15 Å². The lowest BCUT2D eigenvalue weighted by Crippen LogP contribution is -2.47. The quantitative estimate of drug-likeness (QED) is 0.447. The molecule has 0 aromatic carbocycles. The van der Waals surface area contributed by atoms with Crippen molar-refractivity contribution in [1.82, 2.24) is 25.0 Å². The number of carbonyl (C=O) groups excluding carboxylic acids is 3. The molecule has 1 fully saturated rings. The molecule has 1 aliphatic rings. The highest BCUT2D eigenvalue weighted by molar-refractivity contribution is 6.29. The van der Waals surface area contributed by atoms with Crippen LogP contribution in [-0.2, 0) is 4.79 Å². The third-order valence-electron chi connectivity index (χ3n) is 6.03. The molecule has 8 nitrogen and oxygen atoms in total. The number of hydrogen-bond donors (Lipinski definition) is 1. The van der Waals surface area contributed by atoms with Crippen molar-refractivity contribution in [2.45, 2.75) is 39.5 Å². The minimum atomic E-state index is -0.327. The third kappa shape index (κ3) is 7.45. The highest BCUT2D eigenvalue weighted by Crippen LogP contribution is 2.30. The van der Waals surface area contributed by atoms with Gasteiger partial charge in [-0.15, -0.1) is 0 Å². The molecule has 2 rings (SSSR count). The van der Waals surface area contributed by atoms with Crippen LogP contribution in [0.1, 0.15) is 49.9 Å². The summed E-state index contributed by atoms with van der Waals surface area (Å²) < 4.78 is 0. The zero-order valence-corrected chi connectivity index (χ0v) is 20.4. The second kappa shape index (κ2) is 12.7. The van der Waals surface area contributed by atoms with Crippen LogP contribution < -0.4 is 5.32 Å². The van der Waals surface area contributed by atoms with Gasteiger partial charge in [-0.05, 0) is 64.4 Å². The molecule has 0 radical (unpaired) electrons. The Morgan fingerprint density at radius 2 is 2.00 bits per heavy atom. The summed E-state index contributed by atoms with van der Waals surface area (Å²) in [5, 5.41) is 3.14. The summed E-state index contributed by atoms with van der Waals surface area (Å²) in [6, 6.07) is 2.92. The molecule has 0 spiro atoms. The number of imide groups is 1. The Morgan fingerprint density at radius 3 is 2.62 bits per heavy atom. The number of piperidine rings is 1. The number of aromatic nitrogens is 1. The molecule has 1 aromatic rings. The molecule has 2 unspecified atom stereocenters. The Balaban J connectivity index is 1.92. The fourth-order valence-electron chi connectivity index (χ4n) is 4.17. The SMILES string of the molecule is CCC1CN(C(=O)c2ccnc(Cl)c2)CCC1CC(=O)N(CC)C(=O)NCCCN(C)C. The van der Waals surface area contributed by atoms with E-state index >= 15 is 0 Å². The molecule has 0 saturated carbocycles. The largest absolute Gasteiger partial charge is 0.338 e. The van der Waals surface area contributed by atoms with Crippen molar-refractivity contribution >= 4 is 29.4 Å². The first-order valence-electron chi connectivity index (χ1n) is 11.4. The first-order chi connectivity index (χ1) is 15.3. The predicted molar refractivity (Wildman–Crippen MR) is 126 cm³/mol. The molecule has 178 valence electrons. The van der Waals surface area contributed by atoms with Crippen LogP contribution in [0.3, 0.4) is 0 Å². The lowest BCUT2D eigenvalue weighted by molar-refractivity contribution is -0.130. The number of likely N-dealkylation sites (tertiary alicyclic amines) is 1. The monoisotopic (exact) mass is 465 g/mol. The molecule has 1 aromatic heterocycles. The number of urea groups is 1. The van der Waals surface area contributed by atoms with E-state index in [-0.39, 0.29) is 29.7 Å². The van der Waals surface area contributed by atoms with E-state index in [9.17, 15) is 14.4 Å². The summed E-state index contributed by atoms with van der Waals surface area (Å²) in [5.41, 5.74) is 0.525. The second-order valence-electron chi connectivity index (χ2n) is 8.57. The molecule has 0 bridgehead atoms. The van der Waals surface area contributed by atoms with Crippen molar-refractivity contribution in [3.8, 4) is 0 Å². The topological polar surface area (TPSA) is 85.9 Å². The van der Waals surface area contributed by atoms with Gasteiger partial charge in [0.25, 0.3) is 5.91 Å². The standard InChI is InChI=1S/C23H36ClN5O3/c1-5-17-16-28(22(31)19-8-11-25-20(24)14-19)13-9-18(17)15-21(30)29(6-2)23(32)26-10-7-12-27(3)4/h8,11,14,17-18H,5-7,9-10,12-13,15-16H2,1-4H3,(H,26,32). The number of nitrogens with zero attached hydrogens (tertiary/aromatic N) is 4. The highest BCUT2D eigenvalue weighted by atomic mass is 35.5. The maximum atomic E-state index is 12.9. The van der Waals surface area contributed by atoms with E-state index in [1.54, 1.807) is 12.1 Å². The van der Waals surface area contributed by atoms with Gasteiger partial charge in [-0.2, -0.15) is 0 Å². The average Bonchev–Trinajstić information content (AvgIpc) is 2.76. The maximum absolute atomic E-state index is 12.9. The average molecular weight is 466 g/mol. The Bertz CT molecular complexity index is 789. The van der Waals surface area contributed by atoms with E-state index in [0.717, 1.165) is 25.8 Å². The number of rotatable bonds is 9. The van der Waals surface area contributed by atoms with Gasteiger partial charge >= 0.3 is 6.03 Å². The van der Waals surface area contributed by atoms with Crippen LogP contribution in [0.4, 0.5) is 4.79 Å². The second-order valence-corrected chi connectivity index (χ2v) is 8.95. The number of carbonyl (C=O) groups is 3. The van der Waals surface area contributed by atoms with Crippen LogP contribution >= 0.6 is 11.6 Å². The van der Waals surface area contributed by atoms with E-state index < -0.39 is 0 Å². The molecule has 32 heavy (non-hydrogen) atoms. The summed E-state index contributed by atoms with van der Waals surface area (Å²) >= 11 is 5.93. The minimum Gasteiger partial charge on any atom is -0.338 e. The number of nitrogens with one attached hydrogen (secondary N) is 1. The number of halogens is 1. The molecule has 9 heteroatoms. The van der Waals surface area contributed by atoms with E-state index in [2.05, 4.69) is 22.1 Å². The summed E-state index contributed by atoms with van der Waals surface area (Å²) in [6.07, 6.45) is 4.28. The van der Waals surface area contributed by atoms with Crippen molar-refractivity contribution in [3.63, 3.8) is 0 Å². The van der Waals surface area contributed by atoms with Crippen LogP contribution in [0.15, 0.2) is 18.3 Å². The van der Waals surface area contributed by atoms with E-state index in [1.807, 2.05) is 25.9 Å². The zero-order chi connectivity index (χ0) is 23.7. The fraction of sp³-hybridized carbons (Fsp3) is 0.652. The molecule has 2 atom stereocenters. The number of pyridine rings is 1. The first kappa shape index (κ1) is 26.1. The highest BCUT2D eigenvalue weighted by Gasteiger charge is 2.33. The molecule has 1 aliphatic heterocycles. The first-order valence-corrected chi connectivity index (χ1v) is 11.8. The lowest BCUT2D eigenvalue weighted by Gasteiger charge is -2.38. The van der Waals surface area contributed by atoms with Crippen molar-refractivity contribution in [1.29, 1.82) is 0 Å². The Labute approximate surface area is 196 Å². The lowest BCUT2D eigenvalue weighted by atomic mass is 9.81. The Hall–Kier alpha value is -2.19. The van der Waals surface area contributed by atoms with E-state index in [0.29, 0.717) is 43.3 Å². The van der Waals surface area contributed by atoms with Gasteiger partial charge in [0.2, 0.25) is 5.91 Å². The minimum absolute atomic E-state index is 0.0650. The van der Waals surface area contributed by atoms with Gasteiger partial charge in [-0.25, -0.2) is 9.78 Å². The number of hydrogen-bond acceptors (Lipinski definition) is 5. The van der Waals surface area contributed by atoms with Crippen molar-refractivity contribution in [3.05, 3.63) is 29.0 Å². The van der Waals surface area contributed by atoms with Gasteiger partial charge in [0.05, 0.1) is 0 Å². The maximum Gasteiger partial charge on any atom is 0.324 e. The molecule has 1 saturated heterocycles. The molecular weight excluding hydrogens is 430 g/mol. The van der Waals surface area contributed by atoms with Crippen LogP contribution in [0.25, 0.3) is 0 Å². The van der Waals surface area contributed by atoms with Gasteiger partial charge in [-0.1, -0.05) is 24.9 Å². The molecule has 0 aliphatic carbocycles. The fourth-order valence-corrected chi connectivity index (χ4v) is 4.34. The number of amides is 4. The predicted octanol–water partition coefficient (Wildman–Crippen LogP) is 3.12. The summed E-state index contributed by atoms with van der Waals surface area (Å²) in [7, 11) is 3.97. The van der Waals surface area contributed by atoms with Crippen LogP contribution in [0.5, 0.6) is 0 Å². The summed E-state index contributed by atoms with van der Waals surface area (Å²) in [4.78, 5) is 47.4. The molecular formula is C23H36ClN5O3. The summed E-state index contributed by atoms with van der Waals surface area (Å²) in [6.45, 7) is 6.82. The zero-order valence-electron chi connectivity index (χ0n) is 19.6. The smallest absolute Gasteiger partial charge is 0.324 e. The van der Waals surface area contributed by atoms with Crippen LogP contribution in [-0.4, -0.2) is 84.3 Å². The third-order valence-corrected chi connectivity index (χ3v) is 6.24. The van der Waals surface area contributed by atoms with Crippen LogP contribution in [0, 0.1) is 11.8 Å². The Morgan fingerprint density at radius 1 is 1.25 bits per heavy atom.